The van der Waals surface area contributed by atoms with Crippen LogP contribution in [0.2, 0.25) is 0 Å². The molecule has 4 heteroatoms. The van der Waals surface area contributed by atoms with Crippen LogP contribution in [0.15, 0.2) is 24.3 Å². The van der Waals surface area contributed by atoms with E-state index in [9.17, 15) is 4.79 Å². The van der Waals surface area contributed by atoms with Crippen LogP contribution in [0.4, 0.5) is 0 Å². The van der Waals surface area contributed by atoms with E-state index in [0.717, 1.165) is 57.1 Å². The lowest BCUT2D eigenvalue weighted by Crippen LogP contribution is -2.47. The molecule has 0 radical (unpaired) electrons. The first-order valence-electron chi connectivity index (χ1n) is 7.93. The number of rotatable bonds is 7. The monoisotopic (exact) mass is 290 g/mol. The highest BCUT2D eigenvalue weighted by Gasteiger charge is 2.18. The van der Waals surface area contributed by atoms with Crippen LogP contribution < -0.4 is 4.74 Å². The number of benzene rings is 1. The Bertz CT molecular complexity index is 437. The number of ether oxygens (including phenoxy) is 1. The van der Waals surface area contributed by atoms with Crippen molar-refractivity contribution in [1.29, 1.82) is 0 Å². The van der Waals surface area contributed by atoms with Crippen molar-refractivity contribution in [3.05, 3.63) is 29.8 Å². The zero-order chi connectivity index (χ0) is 15.1. The summed E-state index contributed by atoms with van der Waals surface area (Å²) in [7, 11) is 0. The fraction of sp³-hybridized carbons (Fsp3) is 0.588. The average molecular weight is 290 g/mol. The minimum atomic E-state index is 0.196. The molecule has 1 aromatic rings. The maximum absolute atomic E-state index is 12.3. The van der Waals surface area contributed by atoms with Gasteiger partial charge in [0.1, 0.15) is 5.75 Å². The van der Waals surface area contributed by atoms with Gasteiger partial charge in [-0.1, -0.05) is 13.8 Å². The van der Waals surface area contributed by atoms with E-state index in [-0.39, 0.29) is 5.78 Å². The number of carbonyl (C=O) groups is 1. The lowest BCUT2D eigenvalue weighted by atomic mass is 10.1. The molecule has 0 N–H and O–H groups in total. The Morgan fingerprint density at radius 2 is 1.67 bits per heavy atom. The Hall–Kier alpha value is -1.39. The van der Waals surface area contributed by atoms with Crippen molar-refractivity contribution in [2.45, 2.75) is 20.3 Å². The van der Waals surface area contributed by atoms with Gasteiger partial charge in [-0.3, -0.25) is 9.69 Å². The van der Waals surface area contributed by atoms with E-state index in [1.807, 2.05) is 24.3 Å². The van der Waals surface area contributed by atoms with Crippen LogP contribution in [0.1, 0.15) is 30.6 Å². The second kappa shape index (κ2) is 8.15. The molecule has 1 fully saturated rings. The van der Waals surface area contributed by atoms with Gasteiger partial charge in [-0.15, -0.1) is 0 Å². The maximum Gasteiger partial charge on any atom is 0.176 e. The molecule has 0 aromatic heterocycles. The summed E-state index contributed by atoms with van der Waals surface area (Å²) in [5, 5.41) is 0. The minimum absolute atomic E-state index is 0.196. The predicted octanol–water partition coefficient (Wildman–Crippen LogP) is 2.30. The van der Waals surface area contributed by atoms with Gasteiger partial charge in [0.2, 0.25) is 0 Å². The number of piperazine rings is 1. The number of hydrogen-bond acceptors (Lipinski definition) is 4. The predicted molar refractivity (Wildman–Crippen MR) is 85.1 cm³/mol. The van der Waals surface area contributed by atoms with E-state index >= 15 is 0 Å². The van der Waals surface area contributed by atoms with Crippen molar-refractivity contribution in [2.75, 3.05) is 45.9 Å². The first-order chi connectivity index (χ1) is 10.2. The summed E-state index contributed by atoms with van der Waals surface area (Å²) in [5.41, 5.74) is 0.775. The topological polar surface area (TPSA) is 32.8 Å². The summed E-state index contributed by atoms with van der Waals surface area (Å²) in [6, 6.07) is 7.51. The number of carbonyl (C=O) groups excluding carboxylic acids is 1. The molecule has 4 nitrogen and oxygen atoms in total. The third-order valence-corrected chi connectivity index (χ3v) is 3.93. The van der Waals surface area contributed by atoms with Crippen molar-refractivity contribution in [3.8, 4) is 5.75 Å². The van der Waals surface area contributed by atoms with Gasteiger partial charge in [-0.25, -0.2) is 0 Å². The summed E-state index contributed by atoms with van der Waals surface area (Å²) in [4.78, 5) is 17.0. The molecule has 1 aliphatic rings. The fourth-order valence-corrected chi connectivity index (χ4v) is 2.51. The van der Waals surface area contributed by atoms with Crippen molar-refractivity contribution >= 4 is 5.78 Å². The van der Waals surface area contributed by atoms with Gasteiger partial charge in [0.15, 0.2) is 5.78 Å². The summed E-state index contributed by atoms with van der Waals surface area (Å²) in [5.74, 6) is 1.03. The molecule has 1 aliphatic heterocycles. The lowest BCUT2D eigenvalue weighted by Gasteiger charge is -2.33. The average Bonchev–Trinajstić information content (AvgIpc) is 2.54. The molecule has 0 aliphatic carbocycles. The van der Waals surface area contributed by atoms with Crippen LogP contribution in [-0.2, 0) is 0 Å². The van der Waals surface area contributed by atoms with Crippen LogP contribution in [0.3, 0.4) is 0 Å². The molecule has 21 heavy (non-hydrogen) atoms. The highest BCUT2D eigenvalue weighted by Crippen LogP contribution is 2.13. The third-order valence-electron chi connectivity index (χ3n) is 3.93. The van der Waals surface area contributed by atoms with Gasteiger partial charge in [0.05, 0.1) is 13.2 Å². The Balaban J connectivity index is 1.83. The Morgan fingerprint density at radius 1 is 1.05 bits per heavy atom. The largest absolute Gasteiger partial charge is 0.494 e. The van der Waals surface area contributed by atoms with Gasteiger partial charge >= 0.3 is 0 Å². The van der Waals surface area contributed by atoms with Crippen LogP contribution in [-0.4, -0.2) is 61.5 Å². The molecule has 116 valence electrons. The molecule has 2 rings (SSSR count). The summed E-state index contributed by atoms with van der Waals surface area (Å²) < 4.78 is 5.54. The molecule has 1 aromatic carbocycles. The van der Waals surface area contributed by atoms with E-state index in [2.05, 4.69) is 23.6 Å². The second-order valence-corrected chi connectivity index (χ2v) is 5.51. The van der Waals surface area contributed by atoms with Crippen molar-refractivity contribution < 1.29 is 9.53 Å². The van der Waals surface area contributed by atoms with E-state index < -0.39 is 0 Å². The number of hydrogen-bond donors (Lipinski definition) is 0. The molecule has 0 amide bonds. The lowest BCUT2D eigenvalue weighted by molar-refractivity contribution is 0.0859. The van der Waals surface area contributed by atoms with Gasteiger partial charge in [-0.05, 0) is 37.2 Å². The highest BCUT2D eigenvalue weighted by atomic mass is 16.5. The Labute approximate surface area is 127 Å². The number of Topliss-reactive ketones (excluding diaryl/α,β-unsaturated/α-hetero) is 1. The van der Waals surface area contributed by atoms with Crippen molar-refractivity contribution in [1.82, 2.24) is 9.80 Å². The van der Waals surface area contributed by atoms with Crippen LogP contribution in [0.25, 0.3) is 0 Å². The first kappa shape index (κ1) is 16.0. The van der Waals surface area contributed by atoms with Gasteiger partial charge in [0.25, 0.3) is 0 Å². The number of likely N-dealkylation sites (N-methyl/N-ethyl adjacent to an activating group) is 1. The molecule has 0 atom stereocenters. The molecule has 0 unspecified atom stereocenters. The van der Waals surface area contributed by atoms with Crippen LogP contribution >= 0.6 is 0 Å². The van der Waals surface area contributed by atoms with E-state index in [4.69, 9.17) is 4.74 Å². The molecule has 0 spiro atoms. The first-order valence-corrected chi connectivity index (χ1v) is 7.93. The molecule has 0 bridgehead atoms. The quantitative estimate of drug-likeness (QED) is 0.721. The standard InChI is InChI=1S/C17H26N2O2/c1-3-13-21-16-7-5-15(6-8-16)17(20)14-19-11-9-18(4-2)10-12-19/h5-8H,3-4,9-14H2,1-2H3. The molecule has 1 saturated heterocycles. The number of nitrogens with zero attached hydrogens (tertiary/aromatic N) is 2. The van der Waals surface area contributed by atoms with Crippen LogP contribution in [0, 0.1) is 0 Å². The normalized spacial score (nSPS) is 16.9. The zero-order valence-electron chi connectivity index (χ0n) is 13.2. The minimum Gasteiger partial charge on any atom is -0.494 e. The summed E-state index contributed by atoms with van der Waals surface area (Å²) in [6.07, 6.45) is 0.990. The Morgan fingerprint density at radius 3 is 2.24 bits per heavy atom. The molecule has 1 heterocycles. The fourth-order valence-electron chi connectivity index (χ4n) is 2.51. The van der Waals surface area contributed by atoms with Gasteiger partial charge in [0, 0.05) is 31.7 Å². The maximum atomic E-state index is 12.3. The van der Waals surface area contributed by atoms with Gasteiger partial charge < -0.3 is 9.64 Å². The SMILES string of the molecule is CCCOc1ccc(C(=O)CN2CCN(CC)CC2)cc1. The molecular formula is C17H26N2O2. The second-order valence-electron chi connectivity index (χ2n) is 5.51. The number of ketones is 1. The molecule has 0 saturated carbocycles. The van der Waals surface area contributed by atoms with Crippen molar-refractivity contribution in [2.24, 2.45) is 0 Å². The Kier molecular flexibility index (Phi) is 6.21. The van der Waals surface area contributed by atoms with E-state index in [0.29, 0.717) is 6.54 Å². The zero-order valence-corrected chi connectivity index (χ0v) is 13.2. The van der Waals surface area contributed by atoms with E-state index in [1.165, 1.54) is 0 Å². The van der Waals surface area contributed by atoms with E-state index in [1.54, 1.807) is 0 Å². The summed E-state index contributed by atoms with van der Waals surface area (Å²) in [6.45, 7) is 10.7. The third kappa shape index (κ3) is 4.83. The highest BCUT2D eigenvalue weighted by molar-refractivity contribution is 5.97. The van der Waals surface area contributed by atoms with Gasteiger partial charge in [-0.2, -0.15) is 0 Å². The van der Waals surface area contributed by atoms with Crippen LogP contribution in [0.5, 0.6) is 5.75 Å². The molecular weight excluding hydrogens is 264 g/mol. The van der Waals surface area contributed by atoms with Crippen molar-refractivity contribution in [3.63, 3.8) is 0 Å². The summed E-state index contributed by atoms with van der Waals surface area (Å²) >= 11 is 0. The smallest absolute Gasteiger partial charge is 0.176 e.